The predicted molar refractivity (Wildman–Crippen MR) is 59.0 cm³/mol. The third-order valence-electron chi connectivity index (χ3n) is 1.65. The van der Waals surface area contributed by atoms with E-state index in [-0.39, 0.29) is 12.7 Å². The number of rotatable bonds is 6. The second kappa shape index (κ2) is 6.42. The van der Waals surface area contributed by atoms with Crippen molar-refractivity contribution in [1.29, 1.82) is 0 Å². The molecule has 0 aliphatic rings. The maximum absolute atomic E-state index is 11.3. The minimum atomic E-state index is -0.196. The van der Waals surface area contributed by atoms with Gasteiger partial charge in [0, 0.05) is 4.88 Å². The molecule has 0 aliphatic carbocycles. The Morgan fingerprint density at radius 1 is 1.53 bits per heavy atom. The number of carbonyl (C=O) groups is 1. The van der Waals surface area contributed by atoms with E-state index in [2.05, 4.69) is 0 Å². The van der Waals surface area contributed by atoms with Crippen LogP contribution in [0.1, 0.15) is 18.2 Å². The monoisotopic (exact) mass is 229 g/mol. The van der Waals surface area contributed by atoms with Crippen LogP contribution in [0, 0.1) is 0 Å². The Morgan fingerprint density at radius 3 is 3.00 bits per heavy atom. The van der Waals surface area contributed by atoms with E-state index in [1.54, 1.807) is 6.07 Å². The zero-order valence-corrected chi connectivity index (χ0v) is 9.51. The van der Waals surface area contributed by atoms with Crippen LogP contribution in [0.4, 0.5) is 0 Å². The van der Waals surface area contributed by atoms with Crippen molar-refractivity contribution < 1.29 is 14.3 Å². The first-order valence-electron chi connectivity index (χ1n) is 4.83. The number of carbonyl (C=O) groups excluding carboxylic acids is 1. The van der Waals surface area contributed by atoms with Crippen molar-refractivity contribution in [2.24, 2.45) is 5.73 Å². The number of hydrogen-bond acceptors (Lipinski definition) is 5. The van der Waals surface area contributed by atoms with Crippen LogP contribution in [0.25, 0.3) is 0 Å². The number of nitrogens with two attached hydrogens (primary N) is 1. The van der Waals surface area contributed by atoms with Crippen molar-refractivity contribution in [3.8, 4) is 5.06 Å². The van der Waals surface area contributed by atoms with Gasteiger partial charge in [-0.2, -0.15) is 0 Å². The summed E-state index contributed by atoms with van der Waals surface area (Å²) >= 11 is 1.42. The van der Waals surface area contributed by atoms with E-state index in [4.69, 9.17) is 15.2 Å². The molecule has 1 aromatic rings. The summed E-state index contributed by atoms with van der Waals surface area (Å²) in [6.07, 6.45) is 1.15. The predicted octanol–water partition coefficient (Wildman–Crippen LogP) is 1.54. The van der Waals surface area contributed by atoms with Gasteiger partial charge in [0.2, 0.25) is 0 Å². The molecular weight excluding hydrogens is 214 g/mol. The average Bonchev–Trinajstić information content (AvgIpc) is 2.63. The van der Waals surface area contributed by atoms with Crippen molar-refractivity contribution in [1.82, 2.24) is 0 Å². The van der Waals surface area contributed by atoms with Gasteiger partial charge in [0.25, 0.3) is 0 Å². The third kappa shape index (κ3) is 4.31. The minimum absolute atomic E-state index is 0.153. The van der Waals surface area contributed by atoms with Crippen molar-refractivity contribution in [2.45, 2.75) is 19.8 Å². The second-order valence-electron chi connectivity index (χ2n) is 2.93. The van der Waals surface area contributed by atoms with E-state index >= 15 is 0 Å². The van der Waals surface area contributed by atoms with Gasteiger partial charge in [-0.3, -0.25) is 10.5 Å². The summed E-state index contributed by atoms with van der Waals surface area (Å²) in [5.41, 5.74) is 5.23. The number of ether oxygens (including phenoxy) is 2. The van der Waals surface area contributed by atoms with Gasteiger partial charge in [0.1, 0.15) is 6.73 Å². The maximum Gasteiger partial charge on any atom is 0.311 e. The smallest absolute Gasteiger partial charge is 0.311 e. The fourth-order valence-corrected chi connectivity index (χ4v) is 1.87. The summed E-state index contributed by atoms with van der Waals surface area (Å²) < 4.78 is 10.1. The van der Waals surface area contributed by atoms with E-state index in [1.165, 1.54) is 11.3 Å². The summed E-state index contributed by atoms with van der Waals surface area (Å²) in [4.78, 5) is 12.2. The first kappa shape index (κ1) is 12.0. The van der Waals surface area contributed by atoms with Gasteiger partial charge in [-0.15, -0.1) is 11.3 Å². The molecule has 0 fully saturated rings. The van der Waals surface area contributed by atoms with Crippen LogP contribution in [0.15, 0.2) is 12.1 Å². The van der Waals surface area contributed by atoms with Gasteiger partial charge >= 0.3 is 5.97 Å². The standard InChI is InChI=1S/C10H15NO3S/c1-2-5-13-9(12)6-8-3-4-10(15-8)14-7-11/h3-4H,2,5-7,11H2,1H3. The normalized spacial score (nSPS) is 10.0. The Labute approximate surface area is 93.0 Å². The quantitative estimate of drug-likeness (QED) is 0.593. The lowest BCUT2D eigenvalue weighted by Crippen LogP contribution is -2.07. The highest BCUT2D eigenvalue weighted by Gasteiger charge is 2.07. The van der Waals surface area contributed by atoms with Gasteiger partial charge in [0.15, 0.2) is 5.06 Å². The van der Waals surface area contributed by atoms with Gasteiger partial charge in [-0.05, 0) is 18.6 Å². The van der Waals surface area contributed by atoms with Gasteiger partial charge in [-0.25, -0.2) is 0 Å². The zero-order chi connectivity index (χ0) is 11.1. The number of hydrogen-bond donors (Lipinski definition) is 1. The van der Waals surface area contributed by atoms with Gasteiger partial charge < -0.3 is 9.47 Å². The molecule has 0 saturated heterocycles. The zero-order valence-electron chi connectivity index (χ0n) is 8.69. The van der Waals surface area contributed by atoms with E-state index in [1.807, 2.05) is 13.0 Å². The molecule has 0 amide bonds. The third-order valence-corrected chi connectivity index (χ3v) is 2.65. The Balaban J connectivity index is 2.39. The number of thiophene rings is 1. The fraction of sp³-hybridized carbons (Fsp3) is 0.500. The van der Waals surface area contributed by atoms with Crippen molar-refractivity contribution in [3.63, 3.8) is 0 Å². The number of esters is 1. The lowest BCUT2D eigenvalue weighted by Gasteiger charge is -2.00. The summed E-state index contributed by atoms with van der Waals surface area (Å²) in [5, 5.41) is 0.732. The summed E-state index contributed by atoms with van der Waals surface area (Å²) in [6, 6.07) is 3.66. The molecule has 5 heteroatoms. The Hall–Kier alpha value is -1.07. The Bertz CT molecular complexity index is 311. The molecule has 0 unspecified atom stereocenters. The molecule has 0 saturated carbocycles. The van der Waals surface area contributed by atoms with Crippen LogP contribution in [-0.4, -0.2) is 19.3 Å². The summed E-state index contributed by atoms with van der Waals surface area (Å²) in [5.74, 6) is -0.196. The highest BCUT2D eigenvalue weighted by Crippen LogP contribution is 2.24. The first-order chi connectivity index (χ1) is 7.26. The second-order valence-corrected chi connectivity index (χ2v) is 4.06. The van der Waals surface area contributed by atoms with Crippen molar-refractivity contribution >= 4 is 17.3 Å². The van der Waals surface area contributed by atoms with Crippen LogP contribution in [-0.2, 0) is 16.0 Å². The maximum atomic E-state index is 11.3. The highest BCUT2D eigenvalue weighted by atomic mass is 32.1. The molecule has 0 spiro atoms. The van der Waals surface area contributed by atoms with Crippen LogP contribution >= 0.6 is 11.3 Å². The molecule has 4 nitrogen and oxygen atoms in total. The van der Waals surface area contributed by atoms with E-state index in [9.17, 15) is 4.79 Å². The van der Waals surface area contributed by atoms with Gasteiger partial charge in [-0.1, -0.05) is 6.92 Å². The average molecular weight is 229 g/mol. The molecular formula is C10H15NO3S. The lowest BCUT2D eigenvalue weighted by molar-refractivity contribution is -0.142. The van der Waals surface area contributed by atoms with E-state index < -0.39 is 0 Å². The summed E-state index contributed by atoms with van der Waals surface area (Å²) in [7, 11) is 0. The van der Waals surface area contributed by atoms with Crippen LogP contribution in [0.5, 0.6) is 5.06 Å². The van der Waals surface area contributed by atoms with Gasteiger partial charge in [0.05, 0.1) is 13.0 Å². The molecule has 1 aromatic heterocycles. The molecule has 0 bridgehead atoms. The minimum Gasteiger partial charge on any atom is -0.469 e. The molecule has 15 heavy (non-hydrogen) atoms. The van der Waals surface area contributed by atoms with E-state index in [0.29, 0.717) is 13.0 Å². The summed E-state index contributed by atoms with van der Waals surface area (Å²) in [6.45, 7) is 2.60. The molecule has 0 radical (unpaired) electrons. The van der Waals surface area contributed by atoms with Crippen molar-refractivity contribution in [3.05, 3.63) is 17.0 Å². The molecule has 0 aliphatic heterocycles. The molecule has 0 atom stereocenters. The Morgan fingerprint density at radius 2 is 2.33 bits per heavy atom. The molecule has 1 heterocycles. The van der Waals surface area contributed by atoms with Crippen LogP contribution in [0.3, 0.4) is 0 Å². The molecule has 2 N–H and O–H groups in total. The van der Waals surface area contributed by atoms with Crippen LogP contribution in [0.2, 0.25) is 0 Å². The van der Waals surface area contributed by atoms with Crippen LogP contribution < -0.4 is 10.5 Å². The lowest BCUT2D eigenvalue weighted by atomic mass is 10.3. The topological polar surface area (TPSA) is 61.5 Å². The highest BCUT2D eigenvalue weighted by molar-refractivity contribution is 7.13. The SMILES string of the molecule is CCCOC(=O)Cc1ccc(OCN)s1. The molecule has 1 rings (SSSR count). The largest absolute Gasteiger partial charge is 0.469 e. The first-order valence-corrected chi connectivity index (χ1v) is 5.65. The Kier molecular flexibility index (Phi) is 5.14. The molecule has 0 aromatic carbocycles. The molecule has 84 valence electrons. The van der Waals surface area contributed by atoms with E-state index in [0.717, 1.165) is 16.4 Å². The fourth-order valence-electron chi connectivity index (χ4n) is 1.02. The van der Waals surface area contributed by atoms with Crippen molar-refractivity contribution in [2.75, 3.05) is 13.3 Å².